The minimum Gasteiger partial charge on any atom is -0.476 e. The van der Waals surface area contributed by atoms with E-state index in [0.717, 1.165) is 12.1 Å². The monoisotopic (exact) mass is 169 g/mol. The molecule has 0 radical (unpaired) electrons. The van der Waals surface area contributed by atoms with Crippen molar-refractivity contribution >= 4 is 0 Å². The van der Waals surface area contributed by atoms with Crippen molar-refractivity contribution in [2.24, 2.45) is 0 Å². The number of nitrogens with zero attached hydrogens (tertiary/aromatic N) is 1. The normalized spacial score (nSPS) is 9.08. The van der Waals surface area contributed by atoms with Gasteiger partial charge in [-0.05, 0) is 12.1 Å². The van der Waals surface area contributed by atoms with Gasteiger partial charge in [-0.15, -0.1) is 0 Å². The first-order valence-corrected chi connectivity index (χ1v) is 3.19. The summed E-state index contributed by atoms with van der Waals surface area (Å²) in [6, 6.07) is 4.58. The second-order valence-electron chi connectivity index (χ2n) is 2.02. The maximum absolute atomic E-state index is 12.7. The molecule has 0 aliphatic heterocycles. The Hall–Kier alpha value is -1.63. The summed E-state index contributed by atoms with van der Waals surface area (Å²) in [6.07, 6.45) is 0. The molecule has 0 aliphatic carbocycles. The number of hydrogen-bond acceptors (Lipinski definition) is 2. The molecule has 0 heterocycles. The van der Waals surface area contributed by atoms with Crippen LogP contribution in [0.5, 0.6) is 5.75 Å². The summed E-state index contributed by atoms with van der Waals surface area (Å²) in [6.45, 7) is -0.247. The lowest BCUT2D eigenvalue weighted by atomic mass is 10.3. The van der Waals surface area contributed by atoms with Crippen LogP contribution in [0, 0.1) is 23.0 Å². The molecule has 0 atom stereocenters. The summed E-state index contributed by atoms with van der Waals surface area (Å²) in [5, 5.41) is 8.10. The van der Waals surface area contributed by atoms with E-state index < -0.39 is 11.6 Å². The Morgan fingerprint density at radius 1 is 1.42 bits per heavy atom. The van der Waals surface area contributed by atoms with E-state index in [0.29, 0.717) is 6.07 Å². The fraction of sp³-hybridized carbons (Fsp3) is 0.125. The van der Waals surface area contributed by atoms with Gasteiger partial charge in [0.15, 0.2) is 18.2 Å². The third-order valence-corrected chi connectivity index (χ3v) is 1.19. The van der Waals surface area contributed by atoms with Gasteiger partial charge in [0, 0.05) is 6.07 Å². The standard InChI is InChI=1S/C8H5F2NO/c9-6-1-2-8(7(10)5-6)12-4-3-11/h1-2,5H,4H2. The number of rotatable bonds is 2. The summed E-state index contributed by atoms with van der Waals surface area (Å²) in [5.41, 5.74) is 0. The topological polar surface area (TPSA) is 33.0 Å². The predicted molar refractivity (Wildman–Crippen MR) is 37.5 cm³/mol. The minimum absolute atomic E-state index is 0.113. The molecule has 1 rings (SSSR count). The average Bonchev–Trinajstić information content (AvgIpc) is 2.03. The first-order valence-electron chi connectivity index (χ1n) is 3.19. The highest BCUT2D eigenvalue weighted by Gasteiger charge is 2.03. The molecule has 0 amide bonds. The highest BCUT2D eigenvalue weighted by Crippen LogP contribution is 2.16. The van der Waals surface area contributed by atoms with Crippen LogP contribution in [0.25, 0.3) is 0 Å². The fourth-order valence-corrected chi connectivity index (χ4v) is 0.702. The molecule has 0 saturated heterocycles. The number of nitriles is 1. The molecular weight excluding hydrogens is 164 g/mol. The van der Waals surface area contributed by atoms with Gasteiger partial charge in [0.1, 0.15) is 11.9 Å². The lowest BCUT2D eigenvalue weighted by Gasteiger charge is -2.01. The molecule has 0 saturated carbocycles. The van der Waals surface area contributed by atoms with E-state index in [-0.39, 0.29) is 12.4 Å². The zero-order chi connectivity index (χ0) is 8.97. The highest BCUT2D eigenvalue weighted by molar-refractivity contribution is 5.24. The Balaban J connectivity index is 2.81. The Bertz CT molecular complexity index is 319. The third kappa shape index (κ3) is 1.92. The Labute approximate surface area is 68.0 Å². The lowest BCUT2D eigenvalue weighted by molar-refractivity contribution is 0.344. The maximum Gasteiger partial charge on any atom is 0.174 e. The molecule has 1 aromatic rings. The molecular formula is C8H5F2NO. The van der Waals surface area contributed by atoms with Crippen molar-refractivity contribution in [3.63, 3.8) is 0 Å². The molecule has 0 aliphatic rings. The lowest BCUT2D eigenvalue weighted by Crippen LogP contribution is -1.96. The largest absolute Gasteiger partial charge is 0.476 e. The summed E-state index contributed by atoms with van der Waals surface area (Å²) >= 11 is 0. The van der Waals surface area contributed by atoms with Crippen molar-refractivity contribution in [2.75, 3.05) is 6.61 Å². The summed E-state index contributed by atoms with van der Waals surface area (Å²) in [5.74, 6) is -1.58. The van der Waals surface area contributed by atoms with Crippen molar-refractivity contribution in [1.82, 2.24) is 0 Å². The molecule has 4 heteroatoms. The number of hydrogen-bond donors (Lipinski definition) is 0. The fourth-order valence-electron chi connectivity index (χ4n) is 0.702. The van der Waals surface area contributed by atoms with Crippen LogP contribution in [0.4, 0.5) is 8.78 Å². The smallest absolute Gasteiger partial charge is 0.174 e. The number of ether oxygens (including phenoxy) is 1. The van der Waals surface area contributed by atoms with Gasteiger partial charge in [-0.1, -0.05) is 0 Å². The van der Waals surface area contributed by atoms with E-state index in [9.17, 15) is 8.78 Å². The van der Waals surface area contributed by atoms with E-state index in [1.54, 1.807) is 6.07 Å². The van der Waals surface area contributed by atoms with Crippen molar-refractivity contribution < 1.29 is 13.5 Å². The van der Waals surface area contributed by atoms with Crippen LogP contribution in [-0.2, 0) is 0 Å². The summed E-state index contributed by atoms with van der Waals surface area (Å²) in [7, 11) is 0. The first kappa shape index (κ1) is 8.47. The molecule has 62 valence electrons. The second kappa shape index (κ2) is 3.67. The molecule has 0 N–H and O–H groups in total. The van der Waals surface area contributed by atoms with Gasteiger partial charge in [0.05, 0.1) is 0 Å². The van der Waals surface area contributed by atoms with Crippen molar-refractivity contribution in [3.8, 4) is 11.8 Å². The van der Waals surface area contributed by atoms with Crippen LogP contribution in [-0.4, -0.2) is 6.61 Å². The maximum atomic E-state index is 12.7. The van der Waals surface area contributed by atoms with Gasteiger partial charge < -0.3 is 4.74 Å². The van der Waals surface area contributed by atoms with Crippen LogP contribution in [0.15, 0.2) is 18.2 Å². The number of halogens is 2. The molecule has 2 nitrogen and oxygen atoms in total. The molecule has 0 spiro atoms. The molecule has 0 fully saturated rings. The van der Waals surface area contributed by atoms with Crippen LogP contribution in [0.1, 0.15) is 0 Å². The Kier molecular flexibility index (Phi) is 2.59. The van der Waals surface area contributed by atoms with Crippen LogP contribution < -0.4 is 4.74 Å². The van der Waals surface area contributed by atoms with Crippen molar-refractivity contribution in [2.45, 2.75) is 0 Å². The average molecular weight is 169 g/mol. The summed E-state index contributed by atoms with van der Waals surface area (Å²) < 4.78 is 29.6. The molecule has 0 bridgehead atoms. The quantitative estimate of drug-likeness (QED) is 0.677. The highest BCUT2D eigenvalue weighted by atomic mass is 19.1. The minimum atomic E-state index is -0.801. The second-order valence-corrected chi connectivity index (χ2v) is 2.02. The third-order valence-electron chi connectivity index (χ3n) is 1.19. The van der Waals surface area contributed by atoms with E-state index in [4.69, 9.17) is 5.26 Å². The van der Waals surface area contributed by atoms with Gasteiger partial charge in [0.25, 0.3) is 0 Å². The Morgan fingerprint density at radius 3 is 2.75 bits per heavy atom. The van der Waals surface area contributed by atoms with Gasteiger partial charge in [0.2, 0.25) is 0 Å². The predicted octanol–water partition coefficient (Wildman–Crippen LogP) is 1.87. The Morgan fingerprint density at radius 2 is 2.17 bits per heavy atom. The van der Waals surface area contributed by atoms with Crippen molar-refractivity contribution in [3.05, 3.63) is 29.8 Å². The van der Waals surface area contributed by atoms with Gasteiger partial charge in [-0.25, -0.2) is 8.78 Å². The van der Waals surface area contributed by atoms with Crippen LogP contribution in [0.2, 0.25) is 0 Å². The van der Waals surface area contributed by atoms with Gasteiger partial charge in [-0.3, -0.25) is 0 Å². The van der Waals surface area contributed by atoms with Crippen LogP contribution >= 0.6 is 0 Å². The number of benzene rings is 1. The zero-order valence-electron chi connectivity index (χ0n) is 6.05. The SMILES string of the molecule is N#CCOc1ccc(F)cc1F. The first-order chi connectivity index (χ1) is 5.74. The zero-order valence-corrected chi connectivity index (χ0v) is 6.05. The van der Waals surface area contributed by atoms with E-state index in [2.05, 4.69) is 4.74 Å². The van der Waals surface area contributed by atoms with E-state index in [1.807, 2.05) is 0 Å². The molecule has 12 heavy (non-hydrogen) atoms. The van der Waals surface area contributed by atoms with Gasteiger partial charge in [-0.2, -0.15) is 5.26 Å². The molecule has 0 aromatic heterocycles. The van der Waals surface area contributed by atoms with E-state index >= 15 is 0 Å². The summed E-state index contributed by atoms with van der Waals surface area (Å²) in [4.78, 5) is 0. The molecule has 0 unspecified atom stereocenters. The van der Waals surface area contributed by atoms with E-state index in [1.165, 1.54) is 0 Å². The van der Waals surface area contributed by atoms with Crippen LogP contribution in [0.3, 0.4) is 0 Å². The van der Waals surface area contributed by atoms with Crippen molar-refractivity contribution in [1.29, 1.82) is 5.26 Å². The molecule has 1 aromatic carbocycles. The van der Waals surface area contributed by atoms with Gasteiger partial charge >= 0.3 is 0 Å².